The van der Waals surface area contributed by atoms with Gasteiger partial charge >= 0.3 is 0 Å². The molecule has 3 N–H and O–H groups in total. The predicted octanol–water partition coefficient (Wildman–Crippen LogP) is 2.76. The number of rotatable bonds is 6. The fourth-order valence-corrected chi connectivity index (χ4v) is 5.54. The van der Waals surface area contributed by atoms with Crippen LogP contribution in [0, 0.1) is 5.92 Å². The molecule has 2 aromatic rings. The highest BCUT2D eigenvalue weighted by atomic mass is 32.1. The number of ketones is 1. The number of nitrogens with two attached hydrogens (primary N) is 1. The molecule has 7 nitrogen and oxygen atoms in total. The van der Waals surface area contributed by atoms with Crippen molar-refractivity contribution in [3.05, 3.63) is 45.8 Å². The lowest BCUT2D eigenvalue weighted by atomic mass is 9.97. The van der Waals surface area contributed by atoms with E-state index < -0.39 is 5.91 Å². The Bertz CT molecular complexity index is 984. The quantitative estimate of drug-likeness (QED) is 0.694. The molecule has 4 heterocycles. The second-order valence-corrected chi connectivity index (χ2v) is 9.59. The fourth-order valence-electron chi connectivity index (χ4n) is 4.78. The summed E-state index contributed by atoms with van der Waals surface area (Å²) in [5, 5.41) is 3.13. The number of anilines is 1. The minimum Gasteiger partial charge on any atom is -0.365 e. The molecule has 2 amide bonds. The van der Waals surface area contributed by atoms with Gasteiger partial charge in [-0.3, -0.25) is 14.4 Å². The average Bonchev–Trinajstić information content (AvgIpc) is 3.39. The van der Waals surface area contributed by atoms with Crippen molar-refractivity contribution in [1.29, 1.82) is 0 Å². The van der Waals surface area contributed by atoms with E-state index in [0.29, 0.717) is 27.4 Å². The smallest absolute Gasteiger partial charge is 0.261 e. The van der Waals surface area contributed by atoms with Crippen molar-refractivity contribution in [2.24, 2.45) is 11.7 Å². The van der Waals surface area contributed by atoms with Gasteiger partial charge < -0.3 is 16.0 Å². The molecule has 0 aromatic carbocycles. The number of amides is 2. The molecule has 0 unspecified atom stereocenters. The van der Waals surface area contributed by atoms with Crippen LogP contribution in [-0.2, 0) is 0 Å². The maximum absolute atomic E-state index is 12.6. The van der Waals surface area contributed by atoms with E-state index in [1.807, 2.05) is 12.1 Å². The number of carbonyl (C=O) groups is 3. The van der Waals surface area contributed by atoms with Gasteiger partial charge in [0.2, 0.25) is 0 Å². The Morgan fingerprint density at radius 1 is 1.00 bits per heavy atom. The third kappa shape index (κ3) is 3.60. The topological polar surface area (TPSA) is 105 Å². The number of hydrogen-bond acceptors (Lipinski definition) is 6. The van der Waals surface area contributed by atoms with E-state index >= 15 is 0 Å². The summed E-state index contributed by atoms with van der Waals surface area (Å²) in [6, 6.07) is 7.88. The molecule has 1 saturated carbocycles. The molecule has 2 aliphatic heterocycles. The van der Waals surface area contributed by atoms with Gasteiger partial charge in [0.25, 0.3) is 11.8 Å². The van der Waals surface area contributed by atoms with Crippen LogP contribution < -0.4 is 16.0 Å². The van der Waals surface area contributed by atoms with Crippen LogP contribution in [0.25, 0.3) is 0 Å². The highest BCUT2D eigenvalue weighted by molar-refractivity contribution is 7.15. The first kappa shape index (κ1) is 19.2. The summed E-state index contributed by atoms with van der Waals surface area (Å²) in [7, 11) is 0. The van der Waals surface area contributed by atoms with Gasteiger partial charge in [0.15, 0.2) is 5.78 Å². The minimum atomic E-state index is -0.511. The molecule has 2 bridgehead atoms. The second-order valence-electron chi connectivity index (χ2n) is 8.51. The van der Waals surface area contributed by atoms with Crippen LogP contribution in [0.3, 0.4) is 0 Å². The zero-order valence-corrected chi connectivity index (χ0v) is 17.4. The van der Waals surface area contributed by atoms with Crippen molar-refractivity contribution < 1.29 is 14.4 Å². The highest BCUT2D eigenvalue weighted by Crippen LogP contribution is 2.39. The van der Waals surface area contributed by atoms with Crippen LogP contribution in [0.2, 0.25) is 0 Å². The van der Waals surface area contributed by atoms with Crippen LogP contribution in [0.5, 0.6) is 0 Å². The van der Waals surface area contributed by atoms with Crippen LogP contribution in [-0.4, -0.2) is 40.7 Å². The van der Waals surface area contributed by atoms with E-state index in [4.69, 9.17) is 5.73 Å². The van der Waals surface area contributed by atoms with Crippen molar-refractivity contribution >= 4 is 34.8 Å². The first-order chi connectivity index (χ1) is 14.5. The number of Topliss-reactive ketones (excluding diaryl/α,β-unsaturated/α-hetero) is 1. The van der Waals surface area contributed by atoms with Crippen molar-refractivity contribution in [3.63, 3.8) is 0 Å². The summed E-state index contributed by atoms with van der Waals surface area (Å²) >= 11 is 1.13. The molecule has 3 atom stereocenters. The summed E-state index contributed by atoms with van der Waals surface area (Å²) in [4.78, 5) is 43.9. The molecule has 2 aromatic heterocycles. The summed E-state index contributed by atoms with van der Waals surface area (Å²) < 4.78 is 0. The summed E-state index contributed by atoms with van der Waals surface area (Å²) in [6.45, 7) is 0. The molecule has 5 rings (SSSR count). The number of pyridine rings is 1. The molecule has 30 heavy (non-hydrogen) atoms. The number of nitrogens with zero attached hydrogens (tertiary/aromatic N) is 2. The number of fused-ring (bicyclic) bond motifs is 2. The standard InChI is InChI=1S/C22H24N4O3S/c23-21(28)17-6-7-18(30-17)22(29)25-14-9-15-4-5-16(10-14)26(15)19-8-3-13(11-24-19)20(27)12-1-2-12/h3,6-8,11-12,14-16H,1-2,4-5,9-10H2,(H2,23,28)(H,25,29)/t14-,15+,16-. The average molecular weight is 425 g/mol. The molecular weight excluding hydrogens is 400 g/mol. The maximum atomic E-state index is 12.6. The van der Waals surface area contributed by atoms with E-state index in [-0.39, 0.29) is 23.7 Å². The van der Waals surface area contributed by atoms with Crippen molar-refractivity contribution in [1.82, 2.24) is 10.3 Å². The molecule has 2 saturated heterocycles. The van der Waals surface area contributed by atoms with Gasteiger partial charge in [-0.25, -0.2) is 4.98 Å². The third-order valence-corrected chi connectivity index (χ3v) is 7.48. The van der Waals surface area contributed by atoms with Crippen LogP contribution in [0.1, 0.15) is 68.2 Å². The number of hydrogen-bond donors (Lipinski definition) is 2. The number of nitrogens with one attached hydrogen (secondary N) is 1. The first-order valence-corrected chi connectivity index (χ1v) is 11.3. The van der Waals surface area contributed by atoms with Crippen molar-refractivity contribution in [2.75, 3.05) is 4.90 Å². The maximum Gasteiger partial charge on any atom is 0.261 e. The monoisotopic (exact) mass is 424 g/mol. The predicted molar refractivity (Wildman–Crippen MR) is 114 cm³/mol. The number of primary amides is 1. The Morgan fingerprint density at radius 2 is 1.70 bits per heavy atom. The Balaban J connectivity index is 1.24. The van der Waals surface area contributed by atoms with Gasteiger partial charge in [0.1, 0.15) is 5.82 Å². The van der Waals surface area contributed by atoms with Crippen LogP contribution in [0.4, 0.5) is 5.82 Å². The van der Waals surface area contributed by atoms with E-state index in [1.165, 1.54) is 0 Å². The lowest BCUT2D eigenvalue weighted by Crippen LogP contribution is -2.50. The summed E-state index contributed by atoms with van der Waals surface area (Å²) in [5.41, 5.74) is 5.99. The van der Waals surface area contributed by atoms with Gasteiger partial charge in [0, 0.05) is 35.8 Å². The van der Waals surface area contributed by atoms with Gasteiger partial charge in [0.05, 0.1) is 9.75 Å². The van der Waals surface area contributed by atoms with E-state index in [0.717, 1.165) is 55.7 Å². The largest absolute Gasteiger partial charge is 0.365 e. The molecule has 1 aliphatic carbocycles. The van der Waals surface area contributed by atoms with Gasteiger partial charge in [-0.1, -0.05) is 0 Å². The zero-order valence-electron chi connectivity index (χ0n) is 16.5. The number of piperidine rings is 1. The number of carbonyl (C=O) groups excluding carboxylic acids is 3. The van der Waals surface area contributed by atoms with E-state index in [9.17, 15) is 14.4 Å². The molecule has 156 valence electrons. The van der Waals surface area contributed by atoms with Gasteiger partial charge in [-0.15, -0.1) is 11.3 Å². The zero-order chi connectivity index (χ0) is 20.8. The molecule has 0 radical (unpaired) electrons. The van der Waals surface area contributed by atoms with Crippen LogP contribution >= 0.6 is 11.3 Å². The van der Waals surface area contributed by atoms with Crippen molar-refractivity contribution in [3.8, 4) is 0 Å². The minimum absolute atomic E-state index is 0.0982. The Kier molecular flexibility index (Phi) is 4.81. The molecular formula is C22H24N4O3S. The fraction of sp³-hybridized carbons (Fsp3) is 0.455. The SMILES string of the molecule is NC(=O)c1ccc(C(=O)N[C@H]2C[C@H]3CC[C@@H](C2)N3c2ccc(C(=O)C3CC3)cn2)s1. The Labute approximate surface area is 178 Å². The number of aromatic nitrogens is 1. The van der Waals surface area contributed by atoms with Gasteiger partial charge in [-0.05, 0) is 62.8 Å². The molecule has 3 aliphatic rings. The van der Waals surface area contributed by atoms with Gasteiger partial charge in [-0.2, -0.15) is 0 Å². The first-order valence-electron chi connectivity index (χ1n) is 10.5. The second kappa shape index (κ2) is 7.50. The van der Waals surface area contributed by atoms with Crippen molar-refractivity contribution in [2.45, 2.75) is 56.7 Å². The van der Waals surface area contributed by atoms with Crippen LogP contribution in [0.15, 0.2) is 30.5 Å². The van der Waals surface area contributed by atoms with E-state index in [1.54, 1.807) is 18.3 Å². The lowest BCUT2D eigenvalue weighted by molar-refractivity contribution is 0.0929. The summed E-state index contributed by atoms with van der Waals surface area (Å²) in [5.74, 6) is 0.681. The lowest BCUT2D eigenvalue weighted by Gasteiger charge is -2.40. The van der Waals surface area contributed by atoms with E-state index in [2.05, 4.69) is 15.2 Å². The molecule has 8 heteroatoms. The normalized spacial score (nSPS) is 25.2. The highest BCUT2D eigenvalue weighted by Gasteiger charge is 2.42. The molecule has 3 fully saturated rings. The Morgan fingerprint density at radius 3 is 2.27 bits per heavy atom. The third-order valence-electron chi connectivity index (χ3n) is 6.39. The number of thiophene rings is 1. The Hall–Kier alpha value is -2.74. The molecule has 0 spiro atoms. The summed E-state index contributed by atoms with van der Waals surface area (Å²) in [6.07, 6.45) is 7.59.